The van der Waals surface area contributed by atoms with Crippen molar-refractivity contribution < 1.29 is 9.47 Å². The van der Waals surface area contributed by atoms with Crippen LogP contribution in [-0.4, -0.2) is 36.8 Å². The molecule has 5 rings (SSSR count). The maximum absolute atomic E-state index is 5.83. The van der Waals surface area contributed by atoms with Crippen LogP contribution in [0.1, 0.15) is 35.6 Å². The molecule has 146 valence electrons. The van der Waals surface area contributed by atoms with Crippen molar-refractivity contribution in [1.82, 2.24) is 9.88 Å². The summed E-state index contributed by atoms with van der Waals surface area (Å²) in [7, 11) is 1.78. The molecule has 2 aliphatic rings. The zero-order chi connectivity index (χ0) is 19.1. The van der Waals surface area contributed by atoms with Crippen molar-refractivity contribution in [2.24, 2.45) is 5.41 Å². The van der Waals surface area contributed by atoms with Crippen molar-refractivity contribution in [2.75, 3.05) is 26.9 Å². The highest BCUT2D eigenvalue weighted by atomic mass is 16.5. The number of fused-ring (bicyclic) bond motifs is 1. The first kappa shape index (κ1) is 17.8. The number of nitrogens with zero attached hydrogens (tertiary/aromatic N) is 1. The van der Waals surface area contributed by atoms with Gasteiger partial charge in [0.15, 0.2) is 0 Å². The van der Waals surface area contributed by atoms with Crippen molar-refractivity contribution in [3.63, 3.8) is 0 Å². The second-order valence-electron chi connectivity index (χ2n) is 8.48. The molecule has 0 bridgehead atoms. The summed E-state index contributed by atoms with van der Waals surface area (Å²) in [5, 5.41) is 1.27. The van der Waals surface area contributed by atoms with Crippen molar-refractivity contribution in [3.8, 4) is 5.75 Å². The predicted molar refractivity (Wildman–Crippen MR) is 112 cm³/mol. The van der Waals surface area contributed by atoms with Crippen LogP contribution in [0.4, 0.5) is 0 Å². The topological polar surface area (TPSA) is 37.5 Å². The second kappa shape index (κ2) is 6.94. The Morgan fingerprint density at radius 2 is 2.11 bits per heavy atom. The standard InChI is InChI=1S/C24H28N2O2/c1-17-12-22(27-2)20(19-8-10-25-23(17)19)14-26-15-24(9-11-28-16-24)13-21(26)18-6-4-3-5-7-18/h3-8,10,12,21,25H,9,11,13-16H2,1-2H3. The molecule has 0 amide bonds. The van der Waals surface area contributed by atoms with Gasteiger partial charge < -0.3 is 14.5 Å². The van der Waals surface area contributed by atoms with E-state index in [0.29, 0.717) is 6.04 Å². The summed E-state index contributed by atoms with van der Waals surface area (Å²) in [5.74, 6) is 0.986. The molecule has 0 saturated carbocycles. The molecule has 1 spiro atoms. The maximum Gasteiger partial charge on any atom is 0.124 e. The quantitative estimate of drug-likeness (QED) is 0.708. The molecule has 0 aliphatic carbocycles. The predicted octanol–water partition coefficient (Wildman–Crippen LogP) is 4.84. The zero-order valence-electron chi connectivity index (χ0n) is 16.7. The smallest absolute Gasteiger partial charge is 0.124 e. The number of aromatic nitrogens is 1. The lowest BCUT2D eigenvalue weighted by Crippen LogP contribution is -2.28. The fraction of sp³-hybridized carbons (Fsp3) is 0.417. The number of aryl methyl sites for hydroxylation is 1. The number of hydrogen-bond acceptors (Lipinski definition) is 3. The lowest BCUT2D eigenvalue weighted by atomic mass is 9.84. The van der Waals surface area contributed by atoms with Crippen molar-refractivity contribution in [3.05, 3.63) is 65.4 Å². The second-order valence-corrected chi connectivity index (χ2v) is 8.48. The van der Waals surface area contributed by atoms with E-state index in [1.54, 1.807) is 7.11 Å². The van der Waals surface area contributed by atoms with Gasteiger partial charge in [-0.15, -0.1) is 0 Å². The number of benzene rings is 2. The number of nitrogens with one attached hydrogen (secondary N) is 1. The van der Waals surface area contributed by atoms with E-state index in [0.717, 1.165) is 38.5 Å². The summed E-state index contributed by atoms with van der Waals surface area (Å²) in [4.78, 5) is 6.04. The third kappa shape index (κ3) is 2.92. The Morgan fingerprint density at radius 3 is 2.86 bits per heavy atom. The van der Waals surface area contributed by atoms with Crippen LogP contribution in [0.3, 0.4) is 0 Å². The Bertz CT molecular complexity index is 973. The zero-order valence-corrected chi connectivity index (χ0v) is 16.7. The highest BCUT2D eigenvalue weighted by Crippen LogP contribution is 2.49. The van der Waals surface area contributed by atoms with Gasteiger partial charge in [-0.3, -0.25) is 4.90 Å². The number of methoxy groups -OCH3 is 1. The first-order valence-electron chi connectivity index (χ1n) is 10.2. The summed E-state index contributed by atoms with van der Waals surface area (Å²) >= 11 is 0. The van der Waals surface area contributed by atoms with Gasteiger partial charge in [-0.2, -0.15) is 0 Å². The molecule has 2 saturated heterocycles. The van der Waals surface area contributed by atoms with Gasteiger partial charge in [0.2, 0.25) is 0 Å². The SMILES string of the molecule is COc1cc(C)c2[nH]ccc2c1CN1CC2(CCOC2)CC1c1ccccc1. The van der Waals surface area contributed by atoms with Gasteiger partial charge in [0, 0.05) is 53.8 Å². The number of ether oxygens (including phenoxy) is 2. The van der Waals surface area contributed by atoms with Gasteiger partial charge in [0.05, 0.1) is 13.7 Å². The van der Waals surface area contributed by atoms with E-state index < -0.39 is 0 Å². The molecule has 4 nitrogen and oxygen atoms in total. The van der Waals surface area contributed by atoms with Gasteiger partial charge in [0.1, 0.15) is 5.75 Å². The summed E-state index contributed by atoms with van der Waals surface area (Å²) in [6.07, 6.45) is 4.37. The van der Waals surface area contributed by atoms with Gasteiger partial charge in [-0.05, 0) is 43.0 Å². The van der Waals surface area contributed by atoms with Crippen LogP contribution in [0.5, 0.6) is 5.75 Å². The van der Waals surface area contributed by atoms with Crippen LogP contribution in [0.15, 0.2) is 48.7 Å². The van der Waals surface area contributed by atoms with Crippen molar-refractivity contribution in [1.29, 1.82) is 0 Å². The normalized spacial score (nSPS) is 25.1. The van der Waals surface area contributed by atoms with Crippen LogP contribution in [0.25, 0.3) is 10.9 Å². The average Bonchev–Trinajstić information content (AvgIpc) is 3.45. The first-order chi connectivity index (χ1) is 13.7. The third-order valence-electron chi connectivity index (χ3n) is 6.67. The highest BCUT2D eigenvalue weighted by Gasteiger charge is 2.46. The molecule has 1 N–H and O–H groups in total. The summed E-state index contributed by atoms with van der Waals surface area (Å²) in [5.41, 5.74) is 5.41. The molecule has 3 heterocycles. The van der Waals surface area contributed by atoms with E-state index in [4.69, 9.17) is 9.47 Å². The van der Waals surface area contributed by atoms with Gasteiger partial charge in [0.25, 0.3) is 0 Å². The molecule has 4 heteroatoms. The van der Waals surface area contributed by atoms with Crippen molar-refractivity contribution >= 4 is 10.9 Å². The molecule has 2 unspecified atom stereocenters. The molecule has 2 fully saturated rings. The molecule has 2 aromatic carbocycles. The molecule has 2 atom stereocenters. The minimum atomic E-state index is 0.287. The van der Waals surface area contributed by atoms with Crippen LogP contribution >= 0.6 is 0 Å². The Morgan fingerprint density at radius 1 is 1.25 bits per heavy atom. The Hall–Kier alpha value is -2.30. The minimum Gasteiger partial charge on any atom is -0.496 e. The van der Waals surface area contributed by atoms with Gasteiger partial charge >= 0.3 is 0 Å². The maximum atomic E-state index is 5.83. The minimum absolute atomic E-state index is 0.287. The van der Waals surface area contributed by atoms with Crippen LogP contribution < -0.4 is 4.74 Å². The van der Waals surface area contributed by atoms with Crippen LogP contribution in [-0.2, 0) is 11.3 Å². The van der Waals surface area contributed by atoms with E-state index in [2.05, 4.69) is 59.3 Å². The van der Waals surface area contributed by atoms with E-state index in [1.807, 2.05) is 6.20 Å². The summed E-state index contributed by atoms with van der Waals surface area (Å²) in [6.45, 7) is 5.88. The number of likely N-dealkylation sites (tertiary alicyclic amines) is 1. The van der Waals surface area contributed by atoms with E-state index in [9.17, 15) is 0 Å². The molecule has 28 heavy (non-hydrogen) atoms. The van der Waals surface area contributed by atoms with Gasteiger partial charge in [-0.25, -0.2) is 0 Å². The first-order valence-corrected chi connectivity index (χ1v) is 10.2. The van der Waals surface area contributed by atoms with Crippen LogP contribution in [0.2, 0.25) is 0 Å². The largest absolute Gasteiger partial charge is 0.496 e. The number of H-pyrrole nitrogens is 1. The Kier molecular flexibility index (Phi) is 4.41. The van der Waals surface area contributed by atoms with Gasteiger partial charge in [-0.1, -0.05) is 30.3 Å². The number of rotatable bonds is 4. The number of hydrogen-bond donors (Lipinski definition) is 1. The fourth-order valence-corrected chi connectivity index (χ4v) is 5.23. The van der Waals surface area contributed by atoms with E-state index in [1.165, 1.54) is 34.0 Å². The average molecular weight is 377 g/mol. The monoisotopic (exact) mass is 376 g/mol. The highest BCUT2D eigenvalue weighted by molar-refractivity contribution is 5.88. The lowest BCUT2D eigenvalue weighted by Gasteiger charge is -2.26. The molecular formula is C24H28N2O2. The van der Waals surface area contributed by atoms with Crippen molar-refractivity contribution in [2.45, 2.75) is 32.4 Å². The number of aromatic amines is 1. The van der Waals surface area contributed by atoms with E-state index >= 15 is 0 Å². The Balaban J connectivity index is 1.55. The molecule has 3 aromatic rings. The van der Waals surface area contributed by atoms with E-state index in [-0.39, 0.29) is 5.41 Å². The fourth-order valence-electron chi connectivity index (χ4n) is 5.23. The molecule has 0 radical (unpaired) electrons. The summed E-state index contributed by atoms with van der Waals surface area (Å²) < 4.78 is 11.6. The molecule has 1 aromatic heterocycles. The molecule has 2 aliphatic heterocycles. The molecular weight excluding hydrogens is 348 g/mol. The Labute approximate surface area is 166 Å². The third-order valence-corrected chi connectivity index (χ3v) is 6.67. The van der Waals surface area contributed by atoms with Crippen LogP contribution in [0, 0.1) is 12.3 Å². The summed E-state index contributed by atoms with van der Waals surface area (Å²) in [6, 6.07) is 15.7. The lowest BCUT2D eigenvalue weighted by molar-refractivity contribution is 0.151.